The SMILES string of the molecule is O=C1OC(C(=O)Nc2ccc([N+](=O)[O-])cc2Cl)Cc2ccccc21. The molecule has 24 heavy (non-hydrogen) atoms. The van der Waals surface area contributed by atoms with Crippen molar-refractivity contribution in [3.63, 3.8) is 0 Å². The summed E-state index contributed by atoms with van der Waals surface area (Å²) >= 11 is 5.94. The lowest BCUT2D eigenvalue weighted by atomic mass is 9.98. The zero-order valence-electron chi connectivity index (χ0n) is 12.2. The standard InChI is InChI=1S/C16H11ClN2O5/c17-12-8-10(19(22)23)5-6-13(12)18-15(20)14-7-9-3-1-2-4-11(9)16(21)24-14/h1-6,8,14H,7H2,(H,18,20). The fourth-order valence-electron chi connectivity index (χ4n) is 2.41. The Kier molecular flexibility index (Phi) is 4.18. The van der Waals surface area contributed by atoms with E-state index in [4.69, 9.17) is 16.3 Å². The highest BCUT2D eigenvalue weighted by Gasteiger charge is 2.31. The van der Waals surface area contributed by atoms with Crippen molar-refractivity contribution in [1.82, 2.24) is 0 Å². The summed E-state index contributed by atoms with van der Waals surface area (Å²) < 4.78 is 5.15. The molecular formula is C16H11ClN2O5. The number of hydrogen-bond acceptors (Lipinski definition) is 5. The van der Waals surface area contributed by atoms with Gasteiger partial charge in [-0.05, 0) is 17.7 Å². The summed E-state index contributed by atoms with van der Waals surface area (Å²) in [6, 6.07) is 10.6. The van der Waals surface area contributed by atoms with Crippen LogP contribution >= 0.6 is 11.6 Å². The lowest BCUT2D eigenvalue weighted by molar-refractivity contribution is -0.384. The Balaban J connectivity index is 1.77. The number of hydrogen-bond donors (Lipinski definition) is 1. The summed E-state index contributed by atoms with van der Waals surface area (Å²) in [7, 11) is 0. The van der Waals surface area contributed by atoms with Crippen LogP contribution in [0.3, 0.4) is 0 Å². The lowest BCUT2D eigenvalue weighted by Gasteiger charge is -2.23. The quantitative estimate of drug-likeness (QED) is 0.523. The Labute approximate surface area is 141 Å². The number of carbonyl (C=O) groups is 2. The average Bonchev–Trinajstić information content (AvgIpc) is 2.56. The van der Waals surface area contributed by atoms with Gasteiger partial charge in [0.2, 0.25) is 0 Å². The third-order valence-electron chi connectivity index (χ3n) is 3.61. The molecular weight excluding hydrogens is 336 g/mol. The van der Waals surface area contributed by atoms with Crippen LogP contribution in [0.5, 0.6) is 0 Å². The number of benzene rings is 2. The number of amides is 1. The number of esters is 1. The van der Waals surface area contributed by atoms with Gasteiger partial charge < -0.3 is 10.1 Å². The molecule has 1 amide bonds. The zero-order chi connectivity index (χ0) is 17.3. The Morgan fingerprint density at radius 3 is 2.75 bits per heavy atom. The number of ether oxygens (including phenoxy) is 1. The molecule has 3 rings (SSSR count). The number of nitrogens with one attached hydrogen (secondary N) is 1. The van der Waals surface area contributed by atoms with Crippen molar-refractivity contribution in [2.75, 3.05) is 5.32 Å². The van der Waals surface area contributed by atoms with Gasteiger partial charge in [0.15, 0.2) is 6.10 Å². The molecule has 1 aliphatic rings. The van der Waals surface area contributed by atoms with Gasteiger partial charge >= 0.3 is 5.97 Å². The van der Waals surface area contributed by atoms with Crippen LogP contribution in [0.25, 0.3) is 0 Å². The maximum atomic E-state index is 12.3. The summed E-state index contributed by atoms with van der Waals surface area (Å²) in [5.74, 6) is -1.11. The van der Waals surface area contributed by atoms with Gasteiger partial charge in [-0.2, -0.15) is 0 Å². The van der Waals surface area contributed by atoms with E-state index in [0.717, 1.165) is 11.6 Å². The van der Waals surface area contributed by atoms with Crippen molar-refractivity contribution >= 4 is 34.9 Å². The number of carbonyl (C=O) groups excluding carboxylic acids is 2. The first-order chi connectivity index (χ1) is 11.5. The first-order valence-electron chi connectivity index (χ1n) is 6.99. The monoisotopic (exact) mass is 346 g/mol. The molecule has 7 nitrogen and oxygen atoms in total. The first kappa shape index (κ1) is 15.9. The van der Waals surface area contributed by atoms with E-state index in [-0.39, 0.29) is 22.8 Å². The molecule has 1 unspecified atom stereocenters. The van der Waals surface area contributed by atoms with E-state index < -0.39 is 22.9 Å². The molecule has 2 aromatic rings. The van der Waals surface area contributed by atoms with E-state index in [1.807, 2.05) is 0 Å². The van der Waals surface area contributed by atoms with Crippen LogP contribution in [0.2, 0.25) is 5.02 Å². The van der Waals surface area contributed by atoms with Gasteiger partial charge in [-0.25, -0.2) is 4.79 Å². The number of cyclic esters (lactones) is 1. The topological polar surface area (TPSA) is 98.5 Å². The molecule has 1 heterocycles. The molecule has 0 spiro atoms. The summed E-state index contributed by atoms with van der Waals surface area (Å²) in [4.78, 5) is 34.4. The Hall–Kier alpha value is -2.93. The van der Waals surface area contributed by atoms with Gasteiger partial charge in [0.05, 0.1) is 21.2 Å². The van der Waals surface area contributed by atoms with Crippen molar-refractivity contribution < 1.29 is 19.2 Å². The summed E-state index contributed by atoms with van der Waals surface area (Å²) in [5.41, 5.74) is 1.19. The van der Waals surface area contributed by atoms with E-state index in [2.05, 4.69) is 5.32 Å². The summed E-state index contributed by atoms with van der Waals surface area (Å²) in [6.07, 6.45) is -0.739. The molecule has 0 aliphatic carbocycles. The average molecular weight is 347 g/mol. The number of non-ortho nitro benzene ring substituents is 1. The van der Waals surface area contributed by atoms with Crippen LogP contribution < -0.4 is 5.32 Å². The van der Waals surface area contributed by atoms with Gasteiger partial charge in [0.1, 0.15) is 0 Å². The molecule has 1 N–H and O–H groups in total. The maximum Gasteiger partial charge on any atom is 0.339 e. The van der Waals surface area contributed by atoms with Gasteiger partial charge in [0, 0.05) is 18.6 Å². The first-order valence-corrected chi connectivity index (χ1v) is 7.37. The highest BCUT2D eigenvalue weighted by Crippen LogP contribution is 2.28. The normalized spacial score (nSPS) is 16.0. The highest BCUT2D eigenvalue weighted by molar-refractivity contribution is 6.34. The van der Waals surface area contributed by atoms with Crippen molar-refractivity contribution in [1.29, 1.82) is 0 Å². The van der Waals surface area contributed by atoms with Crippen LogP contribution in [0.1, 0.15) is 15.9 Å². The van der Waals surface area contributed by atoms with Crippen molar-refractivity contribution in [2.45, 2.75) is 12.5 Å². The minimum absolute atomic E-state index is 0.0279. The molecule has 0 fully saturated rings. The number of anilines is 1. The molecule has 0 radical (unpaired) electrons. The largest absolute Gasteiger partial charge is 0.448 e. The minimum Gasteiger partial charge on any atom is -0.448 e. The van der Waals surface area contributed by atoms with Crippen LogP contribution in [0.4, 0.5) is 11.4 Å². The fraction of sp³-hybridized carbons (Fsp3) is 0.125. The molecule has 8 heteroatoms. The maximum absolute atomic E-state index is 12.3. The van der Waals surface area contributed by atoms with E-state index in [1.165, 1.54) is 12.1 Å². The van der Waals surface area contributed by atoms with Crippen molar-refractivity contribution in [3.05, 3.63) is 68.7 Å². The van der Waals surface area contributed by atoms with Gasteiger partial charge in [-0.1, -0.05) is 29.8 Å². The highest BCUT2D eigenvalue weighted by atomic mass is 35.5. The minimum atomic E-state index is -0.987. The second-order valence-corrected chi connectivity index (χ2v) is 5.57. The van der Waals surface area contributed by atoms with E-state index in [1.54, 1.807) is 24.3 Å². The number of halogens is 1. The number of nitro groups is 1. The number of rotatable bonds is 3. The zero-order valence-corrected chi connectivity index (χ0v) is 12.9. The van der Waals surface area contributed by atoms with Crippen LogP contribution in [-0.2, 0) is 16.0 Å². The molecule has 0 bridgehead atoms. The Bertz CT molecular complexity index is 852. The molecule has 122 valence electrons. The Morgan fingerprint density at radius 2 is 2.04 bits per heavy atom. The molecule has 0 saturated heterocycles. The van der Waals surface area contributed by atoms with E-state index in [9.17, 15) is 19.7 Å². The smallest absolute Gasteiger partial charge is 0.339 e. The predicted octanol–water partition coefficient (Wildman–Crippen LogP) is 2.97. The fourth-order valence-corrected chi connectivity index (χ4v) is 2.63. The lowest BCUT2D eigenvalue weighted by Crippen LogP contribution is -2.38. The number of fused-ring (bicyclic) bond motifs is 1. The molecule has 0 aromatic heterocycles. The van der Waals surface area contributed by atoms with Crippen molar-refractivity contribution in [2.24, 2.45) is 0 Å². The third-order valence-corrected chi connectivity index (χ3v) is 3.92. The van der Waals surface area contributed by atoms with Gasteiger partial charge in [0.25, 0.3) is 11.6 Å². The van der Waals surface area contributed by atoms with Crippen LogP contribution in [-0.4, -0.2) is 22.9 Å². The van der Waals surface area contributed by atoms with E-state index >= 15 is 0 Å². The molecule has 1 atom stereocenters. The molecule has 1 aliphatic heterocycles. The third kappa shape index (κ3) is 3.07. The van der Waals surface area contributed by atoms with Crippen LogP contribution in [0, 0.1) is 10.1 Å². The number of nitrogens with zero attached hydrogens (tertiary/aromatic N) is 1. The van der Waals surface area contributed by atoms with E-state index in [0.29, 0.717) is 5.56 Å². The number of nitro benzene ring substituents is 1. The van der Waals surface area contributed by atoms with Crippen LogP contribution in [0.15, 0.2) is 42.5 Å². The van der Waals surface area contributed by atoms with Crippen molar-refractivity contribution in [3.8, 4) is 0 Å². The molecule has 0 saturated carbocycles. The summed E-state index contributed by atoms with van der Waals surface area (Å²) in [5, 5.41) is 13.2. The summed E-state index contributed by atoms with van der Waals surface area (Å²) in [6.45, 7) is 0. The second-order valence-electron chi connectivity index (χ2n) is 5.17. The predicted molar refractivity (Wildman–Crippen MR) is 86.1 cm³/mol. The Morgan fingerprint density at radius 1 is 1.29 bits per heavy atom. The van der Waals surface area contributed by atoms with Gasteiger partial charge in [-0.15, -0.1) is 0 Å². The second kappa shape index (κ2) is 6.29. The van der Waals surface area contributed by atoms with Gasteiger partial charge in [-0.3, -0.25) is 14.9 Å². The molecule has 2 aromatic carbocycles.